The van der Waals surface area contributed by atoms with Crippen molar-refractivity contribution in [2.75, 3.05) is 11.4 Å². The molecule has 0 fully saturated rings. The molecule has 1 aliphatic heterocycles. The number of nitrogens with zero attached hydrogens (tertiary/aromatic N) is 2. The Morgan fingerprint density at radius 2 is 1.92 bits per heavy atom. The van der Waals surface area contributed by atoms with Crippen LogP contribution >= 0.6 is 15.9 Å². The first-order chi connectivity index (χ1) is 11.4. The molecule has 1 heterocycles. The van der Waals surface area contributed by atoms with E-state index in [-0.39, 0.29) is 5.54 Å². The van der Waals surface area contributed by atoms with Crippen LogP contribution in [-0.2, 0) is 0 Å². The minimum Gasteiger partial charge on any atom is -0.366 e. The Morgan fingerprint density at radius 3 is 2.58 bits per heavy atom. The minimum atomic E-state index is 0.216. The number of anilines is 1. The molecule has 3 rings (SSSR count). The molecule has 0 saturated carbocycles. The van der Waals surface area contributed by atoms with E-state index in [9.17, 15) is 0 Å². The predicted molar refractivity (Wildman–Crippen MR) is 108 cm³/mol. The van der Waals surface area contributed by atoms with Crippen molar-refractivity contribution in [3.05, 3.63) is 58.1 Å². The van der Waals surface area contributed by atoms with Gasteiger partial charge in [0.2, 0.25) is 0 Å². The molecule has 0 spiro atoms. The van der Waals surface area contributed by atoms with Crippen molar-refractivity contribution in [2.45, 2.75) is 45.6 Å². The number of halogens is 1. The van der Waals surface area contributed by atoms with E-state index in [4.69, 9.17) is 0 Å². The summed E-state index contributed by atoms with van der Waals surface area (Å²) in [5, 5.41) is 0. The highest BCUT2D eigenvalue weighted by molar-refractivity contribution is 9.10. The van der Waals surface area contributed by atoms with Gasteiger partial charge in [0.25, 0.3) is 0 Å². The second kappa shape index (κ2) is 6.72. The van der Waals surface area contributed by atoms with Gasteiger partial charge < -0.3 is 4.90 Å². The SMILES string of the molecule is CCN1c2ccc(C=Nc3ccc(Br)cc3)cc2C(C)CC1(C)C. The van der Waals surface area contributed by atoms with Gasteiger partial charge in [-0.2, -0.15) is 0 Å². The first-order valence-electron chi connectivity index (χ1n) is 8.62. The normalized spacial score (nSPS) is 19.5. The van der Waals surface area contributed by atoms with Crippen molar-refractivity contribution >= 4 is 33.5 Å². The maximum Gasteiger partial charge on any atom is 0.0630 e. The lowest BCUT2D eigenvalue weighted by Gasteiger charge is -2.47. The van der Waals surface area contributed by atoms with E-state index in [2.05, 4.69) is 71.7 Å². The van der Waals surface area contributed by atoms with Gasteiger partial charge in [0, 0.05) is 28.5 Å². The Balaban J connectivity index is 1.91. The first-order valence-corrected chi connectivity index (χ1v) is 9.41. The van der Waals surface area contributed by atoms with Crippen molar-refractivity contribution in [3.63, 3.8) is 0 Å². The molecule has 1 aliphatic rings. The number of benzene rings is 2. The lowest BCUT2D eigenvalue weighted by Crippen LogP contribution is -2.48. The zero-order chi connectivity index (χ0) is 17.3. The fraction of sp³-hybridized carbons (Fsp3) is 0.381. The largest absolute Gasteiger partial charge is 0.366 e. The van der Waals surface area contributed by atoms with Crippen LogP contribution in [0.15, 0.2) is 51.9 Å². The standard InChI is InChI=1S/C21H25BrN2/c1-5-24-20-11-6-16(12-19(20)15(2)13-21(24,3)4)14-23-18-9-7-17(22)8-10-18/h6-12,14-15H,5,13H2,1-4H3. The van der Waals surface area contributed by atoms with Gasteiger partial charge >= 0.3 is 0 Å². The summed E-state index contributed by atoms with van der Waals surface area (Å²) in [5.41, 5.74) is 5.17. The van der Waals surface area contributed by atoms with Crippen LogP contribution in [0.25, 0.3) is 0 Å². The third kappa shape index (κ3) is 3.41. The Morgan fingerprint density at radius 1 is 1.21 bits per heavy atom. The first kappa shape index (κ1) is 17.2. The maximum atomic E-state index is 4.60. The number of fused-ring (bicyclic) bond motifs is 1. The monoisotopic (exact) mass is 384 g/mol. The average Bonchev–Trinajstić information content (AvgIpc) is 2.54. The number of rotatable bonds is 3. The zero-order valence-electron chi connectivity index (χ0n) is 14.9. The number of hydrogen-bond donors (Lipinski definition) is 0. The average molecular weight is 385 g/mol. The van der Waals surface area contributed by atoms with Crippen LogP contribution in [0.2, 0.25) is 0 Å². The lowest BCUT2D eigenvalue weighted by molar-refractivity contribution is 0.381. The van der Waals surface area contributed by atoms with Crippen molar-refractivity contribution in [2.24, 2.45) is 4.99 Å². The fourth-order valence-electron chi connectivity index (χ4n) is 3.86. The van der Waals surface area contributed by atoms with Crippen LogP contribution in [0.1, 0.15) is 51.2 Å². The third-order valence-electron chi connectivity index (χ3n) is 4.92. The fourth-order valence-corrected chi connectivity index (χ4v) is 4.13. The topological polar surface area (TPSA) is 15.6 Å². The molecule has 0 aromatic heterocycles. The molecule has 1 unspecified atom stereocenters. The molecule has 0 amide bonds. The second-order valence-corrected chi connectivity index (χ2v) is 8.13. The molecule has 2 aromatic carbocycles. The van der Waals surface area contributed by atoms with E-state index >= 15 is 0 Å². The molecule has 3 heteroatoms. The molecule has 2 nitrogen and oxygen atoms in total. The maximum absolute atomic E-state index is 4.60. The van der Waals surface area contributed by atoms with Crippen LogP contribution in [-0.4, -0.2) is 18.3 Å². The van der Waals surface area contributed by atoms with Gasteiger partial charge in [0.1, 0.15) is 0 Å². The van der Waals surface area contributed by atoms with Gasteiger partial charge in [0.05, 0.1) is 5.69 Å². The molecule has 0 aliphatic carbocycles. The third-order valence-corrected chi connectivity index (χ3v) is 5.44. The van der Waals surface area contributed by atoms with Crippen LogP contribution in [0, 0.1) is 0 Å². The van der Waals surface area contributed by atoms with Crippen molar-refractivity contribution in [3.8, 4) is 0 Å². The predicted octanol–water partition coefficient (Wildman–Crippen LogP) is 6.31. The van der Waals surface area contributed by atoms with Crippen LogP contribution < -0.4 is 4.90 Å². The summed E-state index contributed by atoms with van der Waals surface area (Å²) in [4.78, 5) is 7.13. The Labute approximate surface area is 153 Å². The molecule has 126 valence electrons. The van der Waals surface area contributed by atoms with Crippen LogP contribution in [0.3, 0.4) is 0 Å². The number of hydrogen-bond acceptors (Lipinski definition) is 2. The highest BCUT2D eigenvalue weighted by atomic mass is 79.9. The van der Waals surface area contributed by atoms with E-state index in [1.54, 1.807) is 0 Å². The van der Waals surface area contributed by atoms with Gasteiger partial charge in [0.15, 0.2) is 0 Å². The van der Waals surface area contributed by atoms with Gasteiger partial charge in [-0.25, -0.2) is 0 Å². The molecule has 24 heavy (non-hydrogen) atoms. The van der Waals surface area contributed by atoms with Gasteiger partial charge in [-0.3, -0.25) is 4.99 Å². The van der Waals surface area contributed by atoms with E-state index < -0.39 is 0 Å². The minimum absolute atomic E-state index is 0.216. The molecule has 2 aromatic rings. The summed E-state index contributed by atoms with van der Waals surface area (Å²) in [6, 6.07) is 14.8. The smallest absolute Gasteiger partial charge is 0.0630 e. The molecular formula is C21H25BrN2. The quantitative estimate of drug-likeness (QED) is 0.565. The van der Waals surface area contributed by atoms with Gasteiger partial charge in [-0.05, 0) is 80.6 Å². The van der Waals surface area contributed by atoms with E-state index in [0.29, 0.717) is 5.92 Å². The Bertz CT molecular complexity index is 747. The summed E-state index contributed by atoms with van der Waals surface area (Å²) in [7, 11) is 0. The number of aliphatic imine (C=N–C) groups is 1. The van der Waals surface area contributed by atoms with Crippen molar-refractivity contribution in [1.29, 1.82) is 0 Å². The molecule has 0 saturated heterocycles. The lowest BCUT2D eigenvalue weighted by atomic mass is 9.79. The summed E-state index contributed by atoms with van der Waals surface area (Å²) in [6.45, 7) is 10.3. The Hall–Kier alpha value is -1.61. The van der Waals surface area contributed by atoms with Crippen LogP contribution in [0.5, 0.6) is 0 Å². The summed E-state index contributed by atoms with van der Waals surface area (Å²) in [5.74, 6) is 0.568. The van der Waals surface area contributed by atoms with Gasteiger partial charge in [-0.15, -0.1) is 0 Å². The van der Waals surface area contributed by atoms with Gasteiger partial charge in [-0.1, -0.05) is 28.9 Å². The van der Waals surface area contributed by atoms with Crippen molar-refractivity contribution < 1.29 is 0 Å². The van der Waals surface area contributed by atoms with Crippen molar-refractivity contribution in [1.82, 2.24) is 0 Å². The summed E-state index contributed by atoms with van der Waals surface area (Å²) >= 11 is 3.45. The van der Waals surface area contributed by atoms with E-state index in [0.717, 1.165) is 16.7 Å². The second-order valence-electron chi connectivity index (χ2n) is 7.21. The molecule has 0 bridgehead atoms. The van der Waals surface area contributed by atoms with Crippen LogP contribution in [0.4, 0.5) is 11.4 Å². The molecule has 0 radical (unpaired) electrons. The van der Waals surface area contributed by atoms with E-state index in [1.165, 1.54) is 23.2 Å². The molecule has 1 atom stereocenters. The summed E-state index contributed by atoms with van der Waals surface area (Å²) < 4.78 is 1.08. The Kier molecular flexibility index (Phi) is 4.82. The highest BCUT2D eigenvalue weighted by Gasteiger charge is 2.35. The summed E-state index contributed by atoms with van der Waals surface area (Å²) in [6.07, 6.45) is 3.15. The molecule has 0 N–H and O–H groups in total. The highest BCUT2D eigenvalue weighted by Crippen LogP contribution is 2.43. The molecular weight excluding hydrogens is 360 g/mol. The van der Waals surface area contributed by atoms with E-state index in [1.807, 2.05) is 30.5 Å². The zero-order valence-corrected chi connectivity index (χ0v) is 16.5.